The Bertz CT molecular complexity index is 327. The average molecular weight is 225 g/mol. The molecule has 0 fully saturated rings. The summed E-state index contributed by atoms with van der Waals surface area (Å²) >= 11 is 0. The van der Waals surface area contributed by atoms with Gasteiger partial charge in [0.15, 0.2) is 0 Å². The molecule has 4 heteroatoms. The standard InChI is InChI=1S/C12H20FN3/c1-9-11(6-5-7-13)10(2)15-12(14-9)8-16(3)4/h5-8H2,1-4H3. The molecule has 0 radical (unpaired) electrons. The van der Waals surface area contributed by atoms with Crippen LogP contribution in [0.15, 0.2) is 0 Å². The van der Waals surface area contributed by atoms with Crippen molar-refractivity contribution in [3.05, 3.63) is 22.8 Å². The van der Waals surface area contributed by atoms with Crippen molar-refractivity contribution in [3.8, 4) is 0 Å². The molecule has 90 valence electrons. The maximum atomic E-state index is 12.1. The third kappa shape index (κ3) is 3.52. The Labute approximate surface area is 96.7 Å². The molecule has 1 aromatic heterocycles. The zero-order valence-electron chi connectivity index (χ0n) is 10.5. The highest BCUT2D eigenvalue weighted by atomic mass is 19.1. The Morgan fingerprint density at radius 1 is 1.12 bits per heavy atom. The summed E-state index contributed by atoms with van der Waals surface area (Å²) in [7, 11) is 3.98. The van der Waals surface area contributed by atoms with Crippen LogP contribution in [0.5, 0.6) is 0 Å². The summed E-state index contributed by atoms with van der Waals surface area (Å²) in [5.41, 5.74) is 3.07. The maximum Gasteiger partial charge on any atom is 0.142 e. The predicted octanol–water partition coefficient (Wildman–Crippen LogP) is 2.06. The lowest BCUT2D eigenvalue weighted by molar-refractivity contribution is 0.389. The van der Waals surface area contributed by atoms with Crippen LogP contribution in [0, 0.1) is 13.8 Å². The first-order chi connectivity index (χ1) is 7.54. The van der Waals surface area contributed by atoms with E-state index in [4.69, 9.17) is 0 Å². The molecule has 0 aliphatic carbocycles. The maximum absolute atomic E-state index is 12.1. The van der Waals surface area contributed by atoms with Crippen LogP contribution in [0.2, 0.25) is 0 Å². The molecular weight excluding hydrogens is 205 g/mol. The molecule has 3 nitrogen and oxygen atoms in total. The van der Waals surface area contributed by atoms with Gasteiger partial charge in [-0.1, -0.05) is 0 Å². The highest BCUT2D eigenvalue weighted by molar-refractivity contribution is 5.24. The summed E-state index contributed by atoms with van der Waals surface area (Å²) in [6, 6.07) is 0. The molecule has 1 aromatic rings. The van der Waals surface area contributed by atoms with Crippen LogP contribution in [-0.4, -0.2) is 35.6 Å². The van der Waals surface area contributed by atoms with E-state index in [-0.39, 0.29) is 6.67 Å². The lowest BCUT2D eigenvalue weighted by Gasteiger charge is -2.13. The molecule has 1 heterocycles. The topological polar surface area (TPSA) is 29.0 Å². The normalized spacial score (nSPS) is 11.1. The van der Waals surface area contributed by atoms with E-state index in [1.165, 1.54) is 0 Å². The molecule has 0 aliphatic heterocycles. The fraction of sp³-hybridized carbons (Fsp3) is 0.667. The molecule has 0 atom stereocenters. The van der Waals surface area contributed by atoms with Crippen molar-refractivity contribution in [2.75, 3.05) is 20.8 Å². The zero-order chi connectivity index (χ0) is 12.1. The molecule has 0 amide bonds. The van der Waals surface area contributed by atoms with E-state index in [9.17, 15) is 4.39 Å². The Kier molecular flexibility index (Phi) is 4.80. The lowest BCUT2D eigenvalue weighted by atomic mass is 10.1. The Morgan fingerprint density at radius 2 is 1.69 bits per heavy atom. The fourth-order valence-electron chi connectivity index (χ4n) is 1.77. The van der Waals surface area contributed by atoms with Gasteiger partial charge >= 0.3 is 0 Å². The largest absolute Gasteiger partial charge is 0.302 e. The molecule has 0 bridgehead atoms. The van der Waals surface area contributed by atoms with Crippen LogP contribution >= 0.6 is 0 Å². The summed E-state index contributed by atoms with van der Waals surface area (Å²) < 4.78 is 12.1. The number of hydrogen-bond acceptors (Lipinski definition) is 3. The van der Waals surface area contributed by atoms with Gasteiger partial charge in [0.2, 0.25) is 0 Å². The molecule has 0 saturated heterocycles. The first-order valence-electron chi connectivity index (χ1n) is 5.58. The van der Waals surface area contributed by atoms with Crippen LogP contribution in [0.1, 0.15) is 29.2 Å². The molecule has 0 N–H and O–H groups in total. The highest BCUT2D eigenvalue weighted by Crippen LogP contribution is 2.13. The van der Waals surface area contributed by atoms with Crippen molar-refractivity contribution in [3.63, 3.8) is 0 Å². The predicted molar refractivity (Wildman–Crippen MR) is 63.2 cm³/mol. The van der Waals surface area contributed by atoms with E-state index in [0.717, 1.165) is 35.7 Å². The van der Waals surface area contributed by atoms with Gasteiger partial charge in [-0.25, -0.2) is 9.97 Å². The van der Waals surface area contributed by atoms with Gasteiger partial charge in [0.1, 0.15) is 5.82 Å². The summed E-state index contributed by atoms with van der Waals surface area (Å²) in [6.07, 6.45) is 1.29. The summed E-state index contributed by atoms with van der Waals surface area (Å²) in [4.78, 5) is 10.9. The van der Waals surface area contributed by atoms with Crippen molar-refractivity contribution >= 4 is 0 Å². The number of halogens is 1. The van der Waals surface area contributed by atoms with Gasteiger partial charge in [0, 0.05) is 11.4 Å². The van der Waals surface area contributed by atoms with Gasteiger partial charge < -0.3 is 4.90 Å². The highest BCUT2D eigenvalue weighted by Gasteiger charge is 2.08. The van der Waals surface area contributed by atoms with Crippen molar-refractivity contribution in [2.24, 2.45) is 0 Å². The van der Waals surface area contributed by atoms with Gasteiger partial charge in [0.25, 0.3) is 0 Å². The first kappa shape index (κ1) is 13.0. The van der Waals surface area contributed by atoms with Crippen LogP contribution in [0.25, 0.3) is 0 Å². The summed E-state index contributed by atoms with van der Waals surface area (Å²) in [5, 5.41) is 0. The summed E-state index contributed by atoms with van der Waals surface area (Å²) in [5.74, 6) is 0.837. The minimum absolute atomic E-state index is 0.279. The minimum atomic E-state index is -0.279. The smallest absolute Gasteiger partial charge is 0.142 e. The average Bonchev–Trinajstić information content (AvgIpc) is 2.15. The molecule has 0 unspecified atom stereocenters. The van der Waals surface area contributed by atoms with Crippen molar-refractivity contribution in [2.45, 2.75) is 33.2 Å². The molecule has 0 spiro atoms. The van der Waals surface area contributed by atoms with Crippen LogP contribution < -0.4 is 0 Å². The molecule has 0 aromatic carbocycles. The minimum Gasteiger partial charge on any atom is -0.302 e. The SMILES string of the molecule is Cc1nc(CN(C)C)nc(C)c1CCCF. The van der Waals surface area contributed by atoms with Gasteiger partial charge in [-0.15, -0.1) is 0 Å². The molecule has 1 rings (SSSR count). The Hall–Kier alpha value is -1.03. The fourth-order valence-corrected chi connectivity index (χ4v) is 1.77. The lowest BCUT2D eigenvalue weighted by Crippen LogP contribution is -2.15. The second kappa shape index (κ2) is 5.89. The van der Waals surface area contributed by atoms with Gasteiger partial charge in [-0.3, -0.25) is 4.39 Å². The van der Waals surface area contributed by atoms with Gasteiger partial charge in [-0.2, -0.15) is 0 Å². The number of aryl methyl sites for hydroxylation is 2. The van der Waals surface area contributed by atoms with Crippen LogP contribution in [0.3, 0.4) is 0 Å². The van der Waals surface area contributed by atoms with Gasteiger partial charge in [-0.05, 0) is 46.3 Å². The number of hydrogen-bond donors (Lipinski definition) is 0. The zero-order valence-corrected chi connectivity index (χ0v) is 10.5. The number of nitrogens with zero attached hydrogens (tertiary/aromatic N) is 3. The van der Waals surface area contributed by atoms with Crippen molar-refractivity contribution in [1.82, 2.24) is 14.9 Å². The van der Waals surface area contributed by atoms with Gasteiger partial charge in [0.05, 0.1) is 13.2 Å². The van der Waals surface area contributed by atoms with E-state index in [1.807, 2.05) is 32.8 Å². The monoisotopic (exact) mass is 225 g/mol. The summed E-state index contributed by atoms with van der Waals surface area (Å²) in [6.45, 7) is 4.41. The van der Waals surface area contributed by atoms with E-state index >= 15 is 0 Å². The molecular formula is C12H20FN3. The quantitative estimate of drug-likeness (QED) is 0.768. The second-order valence-corrected chi connectivity index (χ2v) is 4.32. The molecule has 0 saturated carbocycles. The van der Waals surface area contributed by atoms with Crippen LogP contribution in [0.4, 0.5) is 4.39 Å². The van der Waals surface area contributed by atoms with Crippen molar-refractivity contribution in [1.29, 1.82) is 0 Å². The molecule has 16 heavy (non-hydrogen) atoms. The number of aromatic nitrogens is 2. The van der Waals surface area contributed by atoms with Crippen molar-refractivity contribution < 1.29 is 4.39 Å². The Balaban J connectivity index is 2.89. The third-order valence-electron chi connectivity index (χ3n) is 2.49. The van der Waals surface area contributed by atoms with Crippen LogP contribution in [-0.2, 0) is 13.0 Å². The second-order valence-electron chi connectivity index (χ2n) is 4.32. The number of alkyl halides is 1. The van der Waals surface area contributed by atoms with E-state index in [1.54, 1.807) is 0 Å². The molecule has 0 aliphatic rings. The van der Waals surface area contributed by atoms with E-state index in [0.29, 0.717) is 6.42 Å². The third-order valence-corrected chi connectivity index (χ3v) is 2.49. The van der Waals surface area contributed by atoms with E-state index in [2.05, 4.69) is 9.97 Å². The number of rotatable bonds is 5. The Morgan fingerprint density at radius 3 is 2.12 bits per heavy atom. The first-order valence-corrected chi connectivity index (χ1v) is 5.58. The van der Waals surface area contributed by atoms with E-state index < -0.39 is 0 Å².